The summed E-state index contributed by atoms with van der Waals surface area (Å²) in [5, 5.41) is 16.9. The molecule has 1 aromatic rings. The SMILES string of the molecule is CCNC(C#N)(CC)CCCn1ccc(C)n1. The molecule has 0 bridgehead atoms. The molecular formula is C13H22N4. The summed E-state index contributed by atoms with van der Waals surface area (Å²) < 4.78 is 1.94. The second-order valence-corrected chi connectivity index (χ2v) is 4.40. The first-order chi connectivity index (χ1) is 8.15. The van der Waals surface area contributed by atoms with Crippen LogP contribution in [0, 0.1) is 18.3 Å². The van der Waals surface area contributed by atoms with Crippen molar-refractivity contribution in [3.63, 3.8) is 0 Å². The van der Waals surface area contributed by atoms with Crippen LogP contribution in [-0.4, -0.2) is 21.9 Å². The predicted octanol–water partition coefficient (Wildman–Crippen LogP) is 2.25. The third-order valence-corrected chi connectivity index (χ3v) is 3.10. The highest BCUT2D eigenvalue weighted by Crippen LogP contribution is 2.17. The fraction of sp³-hybridized carbons (Fsp3) is 0.692. The maximum absolute atomic E-state index is 9.27. The Bertz CT molecular complexity index is 377. The van der Waals surface area contributed by atoms with E-state index in [1.54, 1.807) is 0 Å². The van der Waals surface area contributed by atoms with Crippen LogP contribution in [-0.2, 0) is 6.54 Å². The van der Waals surface area contributed by atoms with E-state index in [0.717, 1.165) is 38.0 Å². The van der Waals surface area contributed by atoms with E-state index >= 15 is 0 Å². The van der Waals surface area contributed by atoms with Gasteiger partial charge in [-0.1, -0.05) is 13.8 Å². The monoisotopic (exact) mass is 234 g/mol. The van der Waals surface area contributed by atoms with E-state index in [-0.39, 0.29) is 5.54 Å². The molecule has 1 unspecified atom stereocenters. The van der Waals surface area contributed by atoms with E-state index in [9.17, 15) is 5.26 Å². The van der Waals surface area contributed by atoms with E-state index in [2.05, 4.69) is 23.4 Å². The smallest absolute Gasteiger partial charge is 0.106 e. The lowest BCUT2D eigenvalue weighted by Crippen LogP contribution is -2.43. The van der Waals surface area contributed by atoms with Crippen molar-refractivity contribution in [1.82, 2.24) is 15.1 Å². The lowest BCUT2D eigenvalue weighted by molar-refractivity contribution is 0.358. The van der Waals surface area contributed by atoms with Crippen molar-refractivity contribution in [3.8, 4) is 6.07 Å². The molecule has 0 saturated carbocycles. The number of nitrogens with zero attached hydrogens (tertiary/aromatic N) is 3. The Morgan fingerprint density at radius 2 is 2.29 bits per heavy atom. The predicted molar refractivity (Wildman–Crippen MR) is 68.5 cm³/mol. The fourth-order valence-corrected chi connectivity index (χ4v) is 2.03. The number of nitriles is 1. The lowest BCUT2D eigenvalue weighted by Gasteiger charge is -2.25. The number of hydrogen-bond donors (Lipinski definition) is 1. The van der Waals surface area contributed by atoms with Crippen LogP contribution in [0.4, 0.5) is 0 Å². The summed E-state index contributed by atoms with van der Waals surface area (Å²) in [5.41, 5.74) is 0.676. The van der Waals surface area contributed by atoms with Gasteiger partial charge >= 0.3 is 0 Å². The van der Waals surface area contributed by atoms with Crippen molar-refractivity contribution >= 4 is 0 Å². The summed E-state index contributed by atoms with van der Waals surface area (Å²) in [7, 11) is 0. The van der Waals surface area contributed by atoms with Crippen LogP contribution in [0.1, 0.15) is 38.8 Å². The summed E-state index contributed by atoms with van der Waals surface area (Å²) in [5.74, 6) is 0. The molecule has 0 fully saturated rings. The highest BCUT2D eigenvalue weighted by molar-refractivity contribution is 5.06. The average Bonchev–Trinajstić information content (AvgIpc) is 2.74. The van der Waals surface area contributed by atoms with Crippen molar-refractivity contribution in [2.24, 2.45) is 0 Å². The lowest BCUT2D eigenvalue weighted by atomic mass is 9.92. The van der Waals surface area contributed by atoms with Gasteiger partial charge in [0.05, 0.1) is 11.8 Å². The van der Waals surface area contributed by atoms with Gasteiger partial charge in [0.2, 0.25) is 0 Å². The van der Waals surface area contributed by atoms with Crippen LogP contribution in [0.25, 0.3) is 0 Å². The highest BCUT2D eigenvalue weighted by Gasteiger charge is 2.25. The maximum Gasteiger partial charge on any atom is 0.106 e. The van der Waals surface area contributed by atoms with Crippen molar-refractivity contribution < 1.29 is 0 Å². The van der Waals surface area contributed by atoms with E-state index in [1.165, 1.54) is 0 Å². The molecule has 1 aromatic heterocycles. The highest BCUT2D eigenvalue weighted by atomic mass is 15.3. The fourth-order valence-electron chi connectivity index (χ4n) is 2.03. The topological polar surface area (TPSA) is 53.6 Å². The first kappa shape index (κ1) is 13.7. The van der Waals surface area contributed by atoms with Crippen molar-refractivity contribution in [1.29, 1.82) is 5.26 Å². The van der Waals surface area contributed by atoms with Crippen molar-refractivity contribution in [2.45, 2.75) is 52.1 Å². The molecule has 1 atom stereocenters. The first-order valence-electron chi connectivity index (χ1n) is 6.32. The molecule has 0 amide bonds. The number of aryl methyl sites for hydroxylation is 2. The Hall–Kier alpha value is -1.34. The largest absolute Gasteiger partial charge is 0.300 e. The first-order valence-corrected chi connectivity index (χ1v) is 6.32. The molecule has 0 aliphatic rings. The zero-order valence-corrected chi connectivity index (χ0v) is 11.0. The van der Waals surface area contributed by atoms with Gasteiger partial charge in [-0.05, 0) is 38.8 Å². The number of nitrogens with one attached hydrogen (secondary N) is 1. The van der Waals surface area contributed by atoms with Gasteiger partial charge in [0.1, 0.15) is 5.54 Å². The van der Waals surface area contributed by atoms with Crippen LogP contribution in [0.3, 0.4) is 0 Å². The zero-order chi connectivity index (χ0) is 12.7. The molecule has 0 saturated heterocycles. The molecule has 1 rings (SSSR count). The van der Waals surface area contributed by atoms with E-state index < -0.39 is 0 Å². The molecule has 0 aliphatic heterocycles. The van der Waals surface area contributed by atoms with Crippen LogP contribution in [0.2, 0.25) is 0 Å². The Labute approximate surface area is 104 Å². The summed E-state index contributed by atoms with van der Waals surface area (Å²) in [4.78, 5) is 0. The van der Waals surface area contributed by atoms with Gasteiger partial charge in [-0.25, -0.2) is 0 Å². The quantitative estimate of drug-likeness (QED) is 0.787. The van der Waals surface area contributed by atoms with Crippen LogP contribution >= 0.6 is 0 Å². The Balaban J connectivity index is 2.45. The average molecular weight is 234 g/mol. The van der Waals surface area contributed by atoms with Crippen LogP contribution in [0.15, 0.2) is 12.3 Å². The summed E-state index contributed by atoms with van der Waals surface area (Å²) >= 11 is 0. The third-order valence-electron chi connectivity index (χ3n) is 3.10. The molecule has 17 heavy (non-hydrogen) atoms. The molecule has 0 radical (unpaired) electrons. The summed E-state index contributed by atoms with van der Waals surface area (Å²) in [6.45, 7) is 7.80. The molecule has 0 spiro atoms. The molecule has 0 aliphatic carbocycles. The van der Waals surface area contributed by atoms with Crippen molar-refractivity contribution in [3.05, 3.63) is 18.0 Å². The van der Waals surface area contributed by atoms with E-state index in [4.69, 9.17) is 0 Å². The molecule has 1 N–H and O–H groups in total. The van der Waals surface area contributed by atoms with Gasteiger partial charge in [-0.15, -0.1) is 0 Å². The van der Waals surface area contributed by atoms with Gasteiger partial charge in [-0.2, -0.15) is 10.4 Å². The van der Waals surface area contributed by atoms with E-state index in [0.29, 0.717) is 0 Å². The zero-order valence-electron chi connectivity index (χ0n) is 11.0. The standard InChI is InChI=1S/C13H22N4/c1-4-13(11-14,15-5-2)8-6-9-17-10-7-12(3)16-17/h7,10,15H,4-6,8-9H2,1-3H3. The van der Waals surface area contributed by atoms with Gasteiger partial charge < -0.3 is 0 Å². The second kappa shape index (κ2) is 6.41. The van der Waals surface area contributed by atoms with Crippen molar-refractivity contribution in [2.75, 3.05) is 6.54 Å². The molecule has 94 valence electrons. The maximum atomic E-state index is 9.27. The minimum absolute atomic E-state index is 0.364. The summed E-state index contributed by atoms with van der Waals surface area (Å²) in [6, 6.07) is 4.42. The van der Waals surface area contributed by atoms with Gasteiger partial charge in [0.15, 0.2) is 0 Å². The minimum Gasteiger partial charge on any atom is -0.300 e. The number of aromatic nitrogens is 2. The van der Waals surface area contributed by atoms with Crippen LogP contribution < -0.4 is 5.32 Å². The number of rotatable bonds is 7. The minimum atomic E-state index is -0.364. The Morgan fingerprint density at radius 3 is 2.76 bits per heavy atom. The van der Waals surface area contributed by atoms with E-state index in [1.807, 2.05) is 30.8 Å². The molecule has 0 aromatic carbocycles. The molecule has 4 nitrogen and oxygen atoms in total. The van der Waals surface area contributed by atoms with Gasteiger partial charge in [-0.3, -0.25) is 10.00 Å². The Morgan fingerprint density at radius 1 is 1.53 bits per heavy atom. The molecular weight excluding hydrogens is 212 g/mol. The second-order valence-electron chi connectivity index (χ2n) is 4.40. The molecule has 4 heteroatoms. The van der Waals surface area contributed by atoms with Crippen LogP contribution in [0.5, 0.6) is 0 Å². The number of hydrogen-bond acceptors (Lipinski definition) is 3. The van der Waals surface area contributed by atoms with Gasteiger partial charge in [0, 0.05) is 12.7 Å². The summed E-state index contributed by atoms with van der Waals surface area (Å²) in [6.07, 6.45) is 4.67. The molecule has 1 heterocycles. The Kier molecular flexibility index (Phi) is 5.17. The normalized spacial score (nSPS) is 14.2. The van der Waals surface area contributed by atoms with Gasteiger partial charge in [0.25, 0.3) is 0 Å². The third kappa shape index (κ3) is 3.86.